The Labute approximate surface area is 209 Å². The van der Waals surface area contributed by atoms with Crippen molar-refractivity contribution in [3.8, 4) is 11.6 Å². The lowest BCUT2D eigenvalue weighted by atomic mass is 9.88. The van der Waals surface area contributed by atoms with E-state index in [9.17, 15) is 14.7 Å². The Kier molecular flexibility index (Phi) is 7.69. The van der Waals surface area contributed by atoms with Crippen LogP contribution in [0.3, 0.4) is 0 Å². The summed E-state index contributed by atoms with van der Waals surface area (Å²) in [6.07, 6.45) is 3.12. The van der Waals surface area contributed by atoms with Crippen molar-refractivity contribution in [3.63, 3.8) is 0 Å². The zero-order valence-electron chi connectivity index (χ0n) is 20.2. The van der Waals surface area contributed by atoms with Crippen molar-refractivity contribution in [2.24, 2.45) is 5.92 Å². The second-order valence-corrected chi connectivity index (χ2v) is 10.2. The molecular weight excluding hydrogens is 470 g/mol. The van der Waals surface area contributed by atoms with Crippen LogP contribution in [0.2, 0.25) is 5.02 Å². The van der Waals surface area contributed by atoms with Crippen molar-refractivity contribution in [2.75, 3.05) is 0 Å². The highest BCUT2D eigenvalue weighted by Crippen LogP contribution is 2.48. The number of aliphatic carboxylic acids is 1. The highest BCUT2D eigenvalue weighted by atomic mass is 35.5. The average molecular weight is 500 g/mol. The van der Waals surface area contributed by atoms with E-state index < -0.39 is 11.9 Å². The number of halogens is 1. The first-order chi connectivity index (χ1) is 16.7. The van der Waals surface area contributed by atoms with Gasteiger partial charge in [0.15, 0.2) is 0 Å². The predicted octanol–water partition coefficient (Wildman–Crippen LogP) is 5.91. The molecule has 1 aliphatic carbocycles. The zero-order valence-corrected chi connectivity index (χ0v) is 21.0. The topological polar surface area (TPSA) is 119 Å². The molecule has 2 aromatic heterocycles. The minimum absolute atomic E-state index is 0.0313. The largest absolute Gasteiger partial charge is 0.481 e. The number of aromatic nitrogens is 3. The second kappa shape index (κ2) is 10.7. The number of hydrogen-bond acceptors (Lipinski definition) is 7. The second-order valence-electron chi connectivity index (χ2n) is 9.84. The van der Waals surface area contributed by atoms with Crippen LogP contribution in [-0.4, -0.2) is 32.2 Å². The van der Waals surface area contributed by atoms with Gasteiger partial charge in [0.25, 0.3) is 0 Å². The van der Waals surface area contributed by atoms with E-state index in [1.165, 1.54) is 0 Å². The summed E-state index contributed by atoms with van der Waals surface area (Å²) in [5.41, 5.74) is 3.28. The molecule has 0 bridgehead atoms. The summed E-state index contributed by atoms with van der Waals surface area (Å²) in [5, 5.41) is 18.3. The quantitative estimate of drug-likeness (QED) is 0.326. The van der Waals surface area contributed by atoms with Gasteiger partial charge in [0.1, 0.15) is 5.78 Å². The molecule has 4 rings (SSSR count). The van der Waals surface area contributed by atoms with Crippen molar-refractivity contribution >= 4 is 23.4 Å². The summed E-state index contributed by atoms with van der Waals surface area (Å²) in [7, 11) is 0. The Morgan fingerprint density at radius 1 is 1.20 bits per heavy atom. The smallest absolute Gasteiger partial charge is 0.303 e. The van der Waals surface area contributed by atoms with Gasteiger partial charge in [0.05, 0.1) is 5.69 Å². The molecule has 0 radical (unpaired) electrons. The summed E-state index contributed by atoms with van der Waals surface area (Å²) < 4.78 is 11.1. The number of ketones is 1. The molecule has 1 atom stereocenters. The van der Waals surface area contributed by atoms with Crippen LogP contribution in [0.1, 0.15) is 86.1 Å². The van der Waals surface area contributed by atoms with E-state index in [0.29, 0.717) is 40.5 Å². The Hall–Kier alpha value is -3.00. The highest BCUT2D eigenvalue weighted by molar-refractivity contribution is 6.31. The number of carboxylic acid groups (broad SMARTS) is 1. The van der Waals surface area contributed by atoms with E-state index in [2.05, 4.69) is 29.1 Å². The summed E-state index contributed by atoms with van der Waals surface area (Å²) in [6, 6.07) is 5.61. The maximum absolute atomic E-state index is 13.1. The number of carboxylic acids is 1. The lowest BCUT2D eigenvalue weighted by molar-refractivity contribution is -0.137. The Morgan fingerprint density at radius 2 is 1.97 bits per heavy atom. The molecular formula is C26H30ClN3O5. The average Bonchev–Trinajstić information content (AvgIpc) is 3.36. The molecule has 8 nitrogen and oxygen atoms in total. The third kappa shape index (κ3) is 6.36. The summed E-state index contributed by atoms with van der Waals surface area (Å²) >= 11 is 6.33. The fourth-order valence-corrected chi connectivity index (χ4v) is 4.60. The first kappa shape index (κ1) is 25.1. The molecule has 1 saturated carbocycles. The maximum Gasteiger partial charge on any atom is 0.303 e. The zero-order chi connectivity index (χ0) is 25.1. The third-order valence-corrected chi connectivity index (χ3v) is 6.51. The van der Waals surface area contributed by atoms with Crippen LogP contribution in [0, 0.1) is 12.8 Å². The molecule has 35 heavy (non-hydrogen) atoms. The number of benzene rings is 1. The summed E-state index contributed by atoms with van der Waals surface area (Å²) in [4.78, 5) is 28.9. The van der Waals surface area contributed by atoms with Crippen LogP contribution < -0.4 is 0 Å². The van der Waals surface area contributed by atoms with E-state index in [0.717, 1.165) is 29.5 Å². The summed E-state index contributed by atoms with van der Waals surface area (Å²) in [6.45, 7) is 6.08. The van der Waals surface area contributed by atoms with Crippen LogP contribution in [-0.2, 0) is 22.4 Å². The minimum atomic E-state index is -0.919. The van der Waals surface area contributed by atoms with E-state index in [4.69, 9.17) is 20.6 Å². The van der Waals surface area contributed by atoms with Crippen molar-refractivity contribution in [2.45, 2.75) is 77.6 Å². The van der Waals surface area contributed by atoms with Crippen molar-refractivity contribution < 1.29 is 23.7 Å². The molecule has 0 spiro atoms. The molecule has 0 amide bonds. The molecule has 0 aliphatic heterocycles. The molecule has 1 aromatic carbocycles. The van der Waals surface area contributed by atoms with E-state index in [-0.39, 0.29) is 37.4 Å². The number of hydrogen-bond donors (Lipinski definition) is 1. The van der Waals surface area contributed by atoms with E-state index in [1.807, 2.05) is 25.1 Å². The van der Waals surface area contributed by atoms with Gasteiger partial charge in [0.2, 0.25) is 17.5 Å². The molecule has 1 fully saturated rings. The van der Waals surface area contributed by atoms with Crippen LogP contribution >= 0.6 is 11.6 Å². The molecule has 1 N–H and O–H groups in total. The fourth-order valence-electron chi connectivity index (χ4n) is 4.30. The monoisotopic (exact) mass is 499 g/mol. The van der Waals surface area contributed by atoms with Gasteiger partial charge in [-0.3, -0.25) is 9.59 Å². The van der Waals surface area contributed by atoms with E-state index in [1.54, 1.807) is 0 Å². The number of aryl methyl sites for hydroxylation is 1. The third-order valence-electron chi connectivity index (χ3n) is 6.16. The minimum Gasteiger partial charge on any atom is -0.481 e. The standard InChI is InChI=1S/C26H30ClN3O5/c1-14(2)10-21-28-26(30-34-21)25-23(16-6-7-16)24(29-35-25)18(8-9-22(32)33)13-19(31)12-17-5-4-15(3)11-20(17)27/h4-5,11,14,16,18H,6-10,12-13H2,1-3H3,(H,32,33)/t18-/m0/s1. The van der Waals surface area contributed by atoms with Crippen LogP contribution in [0.15, 0.2) is 27.2 Å². The number of Topliss-reactive ketones (excluding diaryl/α,β-unsaturated/α-hetero) is 1. The van der Waals surface area contributed by atoms with Crippen molar-refractivity contribution in [1.29, 1.82) is 0 Å². The molecule has 9 heteroatoms. The number of carbonyl (C=O) groups excluding carboxylic acids is 1. The molecule has 1 aliphatic rings. The van der Waals surface area contributed by atoms with Gasteiger partial charge in [-0.25, -0.2) is 0 Å². The van der Waals surface area contributed by atoms with Crippen LogP contribution in [0.5, 0.6) is 0 Å². The molecule has 186 valence electrons. The van der Waals surface area contributed by atoms with Crippen LogP contribution in [0.25, 0.3) is 11.6 Å². The van der Waals surface area contributed by atoms with Gasteiger partial charge < -0.3 is 14.2 Å². The molecule has 0 saturated heterocycles. The fraction of sp³-hybridized carbons (Fsp3) is 0.500. The first-order valence-electron chi connectivity index (χ1n) is 12.0. The lowest BCUT2D eigenvalue weighted by Gasteiger charge is -2.15. The number of rotatable bonds is 12. The Morgan fingerprint density at radius 3 is 2.63 bits per heavy atom. The van der Waals surface area contributed by atoms with Crippen molar-refractivity contribution in [3.05, 3.63) is 51.5 Å². The SMILES string of the molecule is Cc1ccc(CC(=O)C[C@H](CCC(=O)O)c2noc(-c3noc(CC(C)C)n3)c2C2CC2)c(Cl)c1. The van der Waals surface area contributed by atoms with E-state index >= 15 is 0 Å². The van der Waals surface area contributed by atoms with Gasteiger partial charge in [-0.2, -0.15) is 4.98 Å². The molecule has 0 unspecified atom stereocenters. The Balaban J connectivity index is 1.60. The van der Waals surface area contributed by atoms with Gasteiger partial charge >= 0.3 is 5.97 Å². The van der Waals surface area contributed by atoms with Gasteiger partial charge in [0, 0.05) is 42.2 Å². The normalized spacial score (nSPS) is 14.4. The highest BCUT2D eigenvalue weighted by Gasteiger charge is 2.37. The maximum atomic E-state index is 13.1. The molecule has 2 heterocycles. The molecule has 3 aromatic rings. The summed E-state index contributed by atoms with van der Waals surface area (Å²) in [5.74, 6) is 0.581. The first-order valence-corrected chi connectivity index (χ1v) is 12.4. The van der Waals surface area contributed by atoms with Crippen molar-refractivity contribution in [1.82, 2.24) is 15.3 Å². The number of carbonyl (C=O) groups is 2. The van der Waals surface area contributed by atoms with Gasteiger partial charge in [-0.05, 0) is 55.2 Å². The van der Waals surface area contributed by atoms with Crippen LogP contribution in [0.4, 0.5) is 0 Å². The Bertz CT molecular complexity index is 1210. The van der Waals surface area contributed by atoms with Gasteiger partial charge in [-0.1, -0.05) is 47.9 Å². The predicted molar refractivity (Wildman–Crippen MR) is 129 cm³/mol. The lowest BCUT2D eigenvalue weighted by Crippen LogP contribution is -2.13. The number of nitrogens with zero attached hydrogens (tertiary/aromatic N) is 3. The van der Waals surface area contributed by atoms with Gasteiger partial charge in [-0.15, -0.1) is 0 Å².